The summed E-state index contributed by atoms with van der Waals surface area (Å²) in [5, 5.41) is 13.2. The van der Waals surface area contributed by atoms with Gasteiger partial charge >= 0.3 is 0 Å². The Bertz CT molecular complexity index is 1610. The summed E-state index contributed by atoms with van der Waals surface area (Å²) in [5.41, 5.74) is 2.66. The molecular weight excluding hydrogens is 539 g/mol. The molecule has 2 amide bonds. The van der Waals surface area contributed by atoms with Crippen molar-refractivity contribution in [1.29, 1.82) is 0 Å². The molecule has 10 heteroatoms. The van der Waals surface area contributed by atoms with Crippen LogP contribution < -0.4 is 15.8 Å². The third-order valence-corrected chi connectivity index (χ3v) is 9.50. The van der Waals surface area contributed by atoms with Gasteiger partial charge < -0.3 is 10.6 Å². The Morgan fingerprint density at radius 1 is 0.842 bits per heavy atom. The summed E-state index contributed by atoms with van der Waals surface area (Å²) in [7, 11) is -3.86. The summed E-state index contributed by atoms with van der Waals surface area (Å²) < 4.78 is 23.8. The standard InChI is InChI=1S/C28H25N3O4S3/c1-17-25(26(17)28(33)31-16-20-12-13-23(37-20)22-6-4-14-36-22)27(32)30-15-18-8-10-19(11-9-18)21-5-2-3-7-24(21)38(29,34)35/h2-14,25-26H,1,15-16H2,(H,30,32)(H,31,33)(H2,29,34,35)/t25-,26-/m0/s1. The largest absolute Gasteiger partial charge is 0.351 e. The zero-order valence-electron chi connectivity index (χ0n) is 20.2. The van der Waals surface area contributed by atoms with Crippen LogP contribution >= 0.6 is 22.7 Å². The molecule has 194 valence electrons. The van der Waals surface area contributed by atoms with Crippen molar-refractivity contribution in [1.82, 2.24) is 10.6 Å². The number of carbonyl (C=O) groups excluding carboxylic acids is 2. The maximum Gasteiger partial charge on any atom is 0.238 e. The minimum Gasteiger partial charge on any atom is -0.351 e. The van der Waals surface area contributed by atoms with Gasteiger partial charge in [0, 0.05) is 26.7 Å². The number of amides is 2. The van der Waals surface area contributed by atoms with Gasteiger partial charge in [0.25, 0.3) is 0 Å². The molecule has 2 atom stereocenters. The summed E-state index contributed by atoms with van der Waals surface area (Å²) in [5.74, 6) is -1.50. The number of nitrogens with two attached hydrogens (primary N) is 1. The molecule has 0 radical (unpaired) electrons. The summed E-state index contributed by atoms with van der Waals surface area (Å²) in [4.78, 5) is 28.9. The molecule has 1 aliphatic rings. The molecule has 0 bridgehead atoms. The monoisotopic (exact) mass is 563 g/mol. The van der Waals surface area contributed by atoms with Crippen molar-refractivity contribution in [2.24, 2.45) is 17.0 Å². The van der Waals surface area contributed by atoms with Crippen LogP contribution in [0.3, 0.4) is 0 Å². The van der Waals surface area contributed by atoms with Crippen LogP contribution in [-0.4, -0.2) is 20.2 Å². The van der Waals surface area contributed by atoms with Gasteiger partial charge in [-0.05, 0) is 40.8 Å². The summed E-state index contributed by atoms with van der Waals surface area (Å²) >= 11 is 3.31. The number of carbonyl (C=O) groups is 2. The van der Waals surface area contributed by atoms with Crippen LogP contribution in [0.1, 0.15) is 10.4 Å². The number of primary sulfonamides is 1. The Hall–Kier alpha value is -3.57. The topological polar surface area (TPSA) is 118 Å². The van der Waals surface area contributed by atoms with E-state index < -0.39 is 21.9 Å². The predicted molar refractivity (Wildman–Crippen MR) is 151 cm³/mol. The van der Waals surface area contributed by atoms with E-state index in [0.29, 0.717) is 23.2 Å². The molecule has 7 nitrogen and oxygen atoms in total. The van der Waals surface area contributed by atoms with Crippen molar-refractivity contribution in [2.75, 3.05) is 0 Å². The molecule has 4 N–H and O–H groups in total. The molecule has 1 aliphatic carbocycles. The van der Waals surface area contributed by atoms with E-state index in [0.717, 1.165) is 10.4 Å². The van der Waals surface area contributed by atoms with E-state index in [1.165, 1.54) is 15.8 Å². The van der Waals surface area contributed by atoms with Crippen LogP contribution in [0.25, 0.3) is 20.9 Å². The van der Waals surface area contributed by atoms with Crippen molar-refractivity contribution >= 4 is 44.5 Å². The molecule has 2 aromatic carbocycles. The zero-order valence-corrected chi connectivity index (χ0v) is 22.7. The van der Waals surface area contributed by atoms with Gasteiger partial charge in [0.1, 0.15) is 0 Å². The third-order valence-electron chi connectivity index (χ3n) is 6.38. The maximum atomic E-state index is 12.7. The number of hydrogen-bond acceptors (Lipinski definition) is 6. The summed E-state index contributed by atoms with van der Waals surface area (Å²) in [6.07, 6.45) is 0. The van der Waals surface area contributed by atoms with Crippen molar-refractivity contribution in [3.8, 4) is 20.9 Å². The zero-order chi connectivity index (χ0) is 26.9. The van der Waals surface area contributed by atoms with Crippen LogP contribution in [0.5, 0.6) is 0 Å². The Morgan fingerprint density at radius 2 is 1.53 bits per heavy atom. The molecule has 1 saturated carbocycles. The van der Waals surface area contributed by atoms with E-state index in [4.69, 9.17) is 5.14 Å². The average molecular weight is 564 g/mol. The minimum absolute atomic E-state index is 0.0552. The first kappa shape index (κ1) is 26.1. The SMILES string of the molecule is C=C1[C@H](C(=O)NCc2ccc(-c3ccccc3S(N)(=O)=O)cc2)[C@H]1C(=O)NCc1ccc(-c2cccs2)s1. The van der Waals surface area contributed by atoms with Crippen molar-refractivity contribution in [2.45, 2.75) is 18.0 Å². The quantitative estimate of drug-likeness (QED) is 0.259. The van der Waals surface area contributed by atoms with Gasteiger partial charge in [-0.2, -0.15) is 0 Å². The Labute approximate surface area is 229 Å². The number of benzene rings is 2. The molecule has 0 saturated heterocycles. The van der Waals surface area contributed by atoms with E-state index in [1.54, 1.807) is 53.0 Å². The molecule has 0 spiro atoms. The van der Waals surface area contributed by atoms with Gasteiger partial charge in [0.15, 0.2) is 0 Å². The van der Waals surface area contributed by atoms with E-state index in [1.807, 2.05) is 29.6 Å². The highest BCUT2D eigenvalue weighted by Gasteiger charge is 2.52. The Kier molecular flexibility index (Phi) is 7.31. The second kappa shape index (κ2) is 10.7. The fourth-order valence-corrected chi connectivity index (χ4v) is 6.86. The molecule has 2 heterocycles. The lowest BCUT2D eigenvalue weighted by molar-refractivity contribution is -0.127. The maximum absolute atomic E-state index is 12.7. The molecule has 0 aliphatic heterocycles. The molecule has 4 aromatic rings. The van der Waals surface area contributed by atoms with Gasteiger partial charge in [0.05, 0.1) is 23.3 Å². The summed E-state index contributed by atoms with van der Waals surface area (Å²) in [6.45, 7) is 4.60. The van der Waals surface area contributed by atoms with Gasteiger partial charge in [-0.1, -0.05) is 60.7 Å². The number of hydrogen-bond donors (Lipinski definition) is 3. The fraction of sp³-hybridized carbons (Fsp3) is 0.143. The van der Waals surface area contributed by atoms with E-state index in [9.17, 15) is 18.0 Å². The van der Waals surface area contributed by atoms with E-state index >= 15 is 0 Å². The van der Waals surface area contributed by atoms with Crippen LogP contribution in [-0.2, 0) is 32.7 Å². The van der Waals surface area contributed by atoms with E-state index in [2.05, 4.69) is 29.3 Å². The van der Waals surface area contributed by atoms with Crippen LogP contribution in [0.4, 0.5) is 0 Å². The van der Waals surface area contributed by atoms with Gasteiger partial charge in [0.2, 0.25) is 21.8 Å². The molecule has 2 aromatic heterocycles. The Morgan fingerprint density at radius 3 is 2.18 bits per heavy atom. The molecule has 38 heavy (non-hydrogen) atoms. The lowest BCUT2D eigenvalue weighted by atomic mass is 10.0. The molecule has 0 unspecified atom stereocenters. The number of sulfonamides is 1. The fourth-order valence-electron chi connectivity index (χ4n) is 4.32. The van der Waals surface area contributed by atoms with Crippen LogP contribution in [0, 0.1) is 11.8 Å². The number of nitrogens with one attached hydrogen (secondary N) is 2. The minimum atomic E-state index is -3.86. The predicted octanol–water partition coefficient (Wildman–Crippen LogP) is 4.53. The third kappa shape index (κ3) is 5.63. The van der Waals surface area contributed by atoms with Crippen molar-refractivity contribution in [3.05, 3.63) is 101 Å². The first-order valence-corrected chi connectivity index (χ1v) is 15.0. The van der Waals surface area contributed by atoms with Crippen molar-refractivity contribution in [3.63, 3.8) is 0 Å². The second-order valence-corrected chi connectivity index (χ2v) is 12.6. The van der Waals surface area contributed by atoms with Gasteiger partial charge in [-0.3, -0.25) is 9.59 Å². The number of thiophene rings is 2. The molecular formula is C28H25N3O4S3. The highest BCUT2D eigenvalue weighted by atomic mass is 32.2. The highest BCUT2D eigenvalue weighted by Crippen LogP contribution is 2.44. The first-order chi connectivity index (χ1) is 18.2. The lowest BCUT2D eigenvalue weighted by Crippen LogP contribution is -2.29. The molecule has 1 fully saturated rings. The summed E-state index contributed by atoms with van der Waals surface area (Å²) in [6, 6.07) is 21.9. The van der Waals surface area contributed by atoms with Gasteiger partial charge in [-0.15, -0.1) is 22.7 Å². The second-order valence-electron chi connectivity index (χ2n) is 8.95. The average Bonchev–Trinajstić information content (AvgIpc) is 3.28. The normalized spacial score (nSPS) is 16.7. The van der Waals surface area contributed by atoms with Crippen LogP contribution in [0.15, 0.2) is 95.2 Å². The highest BCUT2D eigenvalue weighted by molar-refractivity contribution is 7.89. The first-order valence-electron chi connectivity index (χ1n) is 11.8. The number of rotatable bonds is 9. The van der Waals surface area contributed by atoms with Crippen LogP contribution in [0.2, 0.25) is 0 Å². The smallest absolute Gasteiger partial charge is 0.238 e. The molecule has 5 rings (SSSR count). The Balaban J connectivity index is 1.13. The lowest BCUT2D eigenvalue weighted by Gasteiger charge is -2.09. The van der Waals surface area contributed by atoms with E-state index in [-0.39, 0.29) is 23.3 Å². The van der Waals surface area contributed by atoms with Gasteiger partial charge in [-0.25, -0.2) is 13.6 Å². The van der Waals surface area contributed by atoms with Crippen molar-refractivity contribution < 1.29 is 18.0 Å².